The van der Waals surface area contributed by atoms with E-state index in [1.165, 1.54) is 12.1 Å². The Morgan fingerprint density at radius 3 is 2.57 bits per heavy atom. The first kappa shape index (κ1) is 17.7. The van der Waals surface area contributed by atoms with Gasteiger partial charge in [0.05, 0.1) is 11.3 Å². The van der Waals surface area contributed by atoms with Gasteiger partial charge in [0.2, 0.25) is 10.0 Å². The summed E-state index contributed by atoms with van der Waals surface area (Å²) in [5, 5.41) is 9.17. The van der Waals surface area contributed by atoms with Crippen LogP contribution in [0.1, 0.15) is 49.9 Å². The van der Waals surface area contributed by atoms with E-state index in [1.54, 1.807) is 6.07 Å². The summed E-state index contributed by atoms with van der Waals surface area (Å²) >= 11 is 0. The van der Waals surface area contributed by atoms with Crippen LogP contribution in [0.2, 0.25) is 0 Å². The Bertz CT molecular complexity index is 667. The number of carboxylic acids is 1. The molecule has 128 valence electrons. The van der Waals surface area contributed by atoms with Crippen molar-refractivity contribution in [1.82, 2.24) is 4.72 Å². The Kier molecular flexibility index (Phi) is 5.64. The lowest BCUT2D eigenvalue weighted by atomic mass is 10.2. The molecular formula is C16H24N2O4S. The van der Waals surface area contributed by atoms with Crippen molar-refractivity contribution in [3.05, 3.63) is 23.8 Å². The molecule has 0 saturated carbocycles. The molecule has 1 fully saturated rings. The lowest BCUT2D eigenvalue weighted by Gasteiger charge is -2.23. The van der Waals surface area contributed by atoms with E-state index in [1.807, 2.05) is 18.7 Å². The summed E-state index contributed by atoms with van der Waals surface area (Å²) in [5.74, 6) is -1.13. The SMILES string of the molecule is CCC[C@H](C)NS(=O)(=O)c1cc(C(=O)O)ccc1N1CCCC1. The highest BCUT2D eigenvalue weighted by Crippen LogP contribution is 2.29. The van der Waals surface area contributed by atoms with Gasteiger partial charge >= 0.3 is 5.97 Å². The summed E-state index contributed by atoms with van der Waals surface area (Å²) < 4.78 is 28.1. The molecule has 1 aromatic rings. The highest BCUT2D eigenvalue weighted by Gasteiger charge is 2.26. The van der Waals surface area contributed by atoms with Crippen LogP contribution in [0.25, 0.3) is 0 Å². The normalized spacial score (nSPS) is 16.5. The van der Waals surface area contributed by atoms with Gasteiger partial charge in [0.25, 0.3) is 0 Å². The molecule has 2 N–H and O–H groups in total. The van der Waals surface area contributed by atoms with Crippen molar-refractivity contribution >= 4 is 21.7 Å². The Labute approximate surface area is 137 Å². The molecule has 0 spiro atoms. The van der Waals surface area contributed by atoms with Gasteiger partial charge in [0, 0.05) is 19.1 Å². The van der Waals surface area contributed by atoms with Gasteiger partial charge in [0.1, 0.15) is 4.90 Å². The molecule has 1 atom stereocenters. The van der Waals surface area contributed by atoms with Crippen molar-refractivity contribution in [3.8, 4) is 0 Å². The lowest BCUT2D eigenvalue weighted by molar-refractivity contribution is 0.0696. The molecule has 0 radical (unpaired) electrons. The van der Waals surface area contributed by atoms with Gasteiger partial charge in [-0.1, -0.05) is 13.3 Å². The second-order valence-corrected chi connectivity index (χ2v) is 7.68. The first-order valence-corrected chi connectivity index (χ1v) is 9.48. The number of aromatic carboxylic acids is 1. The third kappa shape index (κ3) is 4.23. The third-order valence-electron chi connectivity index (χ3n) is 4.02. The van der Waals surface area contributed by atoms with Crippen LogP contribution in [0, 0.1) is 0 Å². The largest absolute Gasteiger partial charge is 0.478 e. The van der Waals surface area contributed by atoms with Gasteiger partial charge in [-0.2, -0.15) is 0 Å². The Hall–Kier alpha value is -1.60. The molecule has 0 amide bonds. The number of carbonyl (C=O) groups is 1. The number of carboxylic acid groups (broad SMARTS) is 1. The van der Waals surface area contributed by atoms with Crippen LogP contribution in [-0.2, 0) is 10.0 Å². The number of nitrogens with one attached hydrogen (secondary N) is 1. The molecule has 1 aliphatic heterocycles. The van der Waals surface area contributed by atoms with E-state index in [0.717, 1.165) is 38.8 Å². The maximum atomic E-state index is 12.7. The number of rotatable bonds is 7. The van der Waals surface area contributed by atoms with E-state index in [-0.39, 0.29) is 16.5 Å². The average molecular weight is 340 g/mol. The third-order valence-corrected chi connectivity index (χ3v) is 5.64. The molecule has 0 aliphatic carbocycles. The lowest BCUT2D eigenvalue weighted by Crippen LogP contribution is -2.34. The van der Waals surface area contributed by atoms with Gasteiger partial charge in [-0.3, -0.25) is 0 Å². The smallest absolute Gasteiger partial charge is 0.335 e. The number of benzene rings is 1. The summed E-state index contributed by atoms with van der Waals surface area (Å²) in [4.78, 5) is 13.3. The standard InChI is InChI=1S/C16H24N2O4S/c1-3-6-12(2)17-23(21,22)15-11-13(16(19)20)7-8-14(15)18-9-4-5-10-18/h7-8,11-12,17H,3-6,9-10H2,1-2H3,(H,19,20)/t12-/m0/s1. The van der Waals surface area contributed by atoms with E-state index in [9.17, 15) is 13.2 Å². The van der Waals surface area contributed by atoms with Crippen LogP contribution in [0.15, 0.2) is 23.1 Å². The van der Waals surface area contributed by atoms with Crippen LogP contribution < -0.4 is 9.62 Å². The van der Waals surface area contributed by atoms with E-state index < -0.39 is 16.0 Å². The molecule has 0 aromatic heterocycles. The van der Waals surface area contributed by atoms with Crippen molar-refractivity contribution in [1.29, 1.82) is 0 Å². The van der Waals surface area contributed by atoms with Gasteiger partial charge in [-0.05, 0) is 44.4 Å². The first-order chi connectivity index (χ1) is 10.8. The zero-order chi connectivity index (χ0) is 17.0. The van der Waals surface area contributed by atoms with E-state index in [2.05, 4.69) is 4.72 Å². The number of sulfonamides is 1. The van der Waals surface area contributed by atoms with Crippen molar-refractivity contribution in [2.75, 3.05) is 18.0 Å². The average Bonchev–Trinajstić information content (AvgIpc) is 3.00. The molecule has 0 bridgehead atoms. The molecule has 1 aliphatic rings. The van der Waals surface area contributed by atoms with Crippen molar-refractivity contribution in [2.24, 2.45) is 0 Å². The highest BCUT2D eigenvalue weighted by atomic mass is 32.2. The maximum Gasteiger partial charge on any atom is 0.335 e. The van der Waals surface area contributed by atoms with Crippen LogP contribution in [-0.4, -0.2) is 38.6 Å². The zero-order valence-corrected chi connectivity index (χ0v) is 14.4. The fraction of sp³-hybridized carbons (Fsp3) is 0.562. The van der Waals surface area contributed by atoms with Crippen LogP contribution in [0.5, 0.6) is 0 Å². The second-order valence-electron chi connectivity index (χ2n) is 5.99. The second kappa shape index (κ2) is 7.31. The molecule has 2 rings (SSSR count). The summed E-state index contributed by atoms with van der Waals surface area (Å²) in [6, 6.07) is 4.14. The Morgan fingerprint density at radius 2 is 2.00 bits per heavy atom. The molecule has 1 heterocycles. The topological polar surface area (TPSA) is 86.7 Å². The first-order valence-electron chi connectivity index (χ1n) is 7.99. The summed E-state index contributed by atoms with van der Waals surface area (Å²) in [6.07, 6.45) is 3.63. The number of nitrogens with zero attached hydrogens (tertiary/aromatic N) is 1. The molecule has 7 heteroatoms. The quantitative estimate of drug-likeness (QED) is 0.796. The molecule has 23 heavy (non-hydrogen) atoms. The van der Waals surface area contributed by atoms with Crippen LogP contribution >= 0.6 is 0 Å². The summed E-state index contributed by atoms with van der Waals surface area (Å²) in [5.41, 5.74) is 0.570. The predicted molar refractivity (Wildman–Crippen MR) is 89.5 cm³/mol. The molecular weight excluding hydrogens is 316 g/mol. The van der Waals surface area contributed by atoms with E-state index in [0.29, 0.717) is 5.69 Å². The molecule has 0 unspecified atom stereocenters. The minimum absolute atomic E-state index is 0.0172. The monoisotopic (exact) mass is 340 g/mol. The van der Waals surface area contributed by atoms with E-state index >= 15 is 0 Å². The predicted octanol–water partition coefficient (Wildman–Crippen LogP) is 2.45. The van der Waals surface area contributed by atoms with Gasteiger partial charge in [-0.15, -0.1) is 0 Å². The van der Waals surface area contributed by atoms with Crippen LogP contribution in [0.3, 0.4) is 0 Å². The van der Waals surface area contributed by atoms with Crippen molar-refractivity contribution < 1.29 is 18.3 Å². The Morgan fingerprint density at radius 1 is 1.35 bits per heavy atom. The molecule has 6 nitrogen and oxygen atoms in total. The van der Waals surface area contributed by atoms with Gasteiger partial charge in [-0.25, -0.2) is 17.9 Å². The fourth-order valence-electron chi connectivity index (χ4n) is 2.90. The van der Waals surface area contributed by atoms with Crippen LogP contribution in [0.4, 0.5) is 5.69 Å². The number of hydrogen-bond donors (Lipinski definition) is 2. The van der Waals surface area contributed by atoms with E-state index in [4.69, 9.17) is 5.11 Å². The summed E-state index contributed by atoms with van der Waals surface area (Å²) in [6.45, 7) is 5.39. The summed E-state index contributed by atoms with van der Waals surface area (Å²) in [7, 11) is -3.76. The zero-order valence-electron chi connectivity index (χ0n) is 13.6. The fourth-order valence-corrected chi connectivity index (χ4v) is 4.43. The van der Waals surface area contributed by atoms with Crippen molar-refractivity contribution in [3.63, 3.8) is 0 Å². The minimum atomic E-state index is -3.76. The van der Waals surface area contributed by atoms with Gasteiger partial charge < -0.3 is 10.0 Å². The number of hydrogen-bond acceptors (Lipinski definition) is 4. The Balaban J connectivity index is 2.43. The minimum Gasteiger partial charge on any atom is -0.478 e. The highest BCUT2D eigenvalue weighted by molar-refractivity contribution is 7.89. The van der Waals surface area contributed by atoms with Crippen molar-refractivity contribution in [2.45, 2.75) is 50.5 Å². The number of anilines is 1. The van der Waals surface area contributed by atoms with Gasteiger partial charge in [0.15, 0.2) is 0 Å². The maximum absolute atomic E-state index is 12.7. The molecule has 1 saturated heterocycles. The molecule has 1 aromatic carbocycles.